The lowest BCUT2D eigenvalue weighted by Gasteiger charge is -2.37. The molecule has 1 aliphatic carbocycles. The number of ether oxygens (including phenoxy) is 1. The lowest BCUT2D eigenvalue weighted by atomic mass is 9.77. The van der Waals surface area contributed by atoms with Gasteiger partial charge in [0, 0.05) is 7.11 Å². The van der Waals surface area contributed by atoms with Gasteiger partial charge in [-0.3, -0.25) is 0 Å². The van der Waals surface area contributed by atoms with Crippen molar-refractivity contribution < 1.29 is 14.6 Å². The third-order valence-electron chi connectivity index (χ3n) is 3.20. The number of carbonyl (C=O) groups is 1. The van der Waals surface area contributed by atoms with Gasteiger partial charge < -0.3 is 9.84 Å². The minimum absolute atomic E-state index is 0.313. The van der Waals surface area contributed by atoms with Gasteiger partial charge in [0.05, 0.1) is 0 Å². The summed E-state index contributed by atoms with van der Waals surface area (Å²) in [5.41, 5.74) is -0.967. The molecule has 88 valence electrons. The van der Waals surface area contributed by atoms with Gasteiger partial charge in [-0.25, -0.2) is 9.48 Å². The number of nitrogens with zero attached hydrogens (tertiary/aromatic N) is 4. The van der Waals surface area contributed by atoms with Crippen molar-refractivity contribution in [2.24, 2.45) is 0 Å². The van der Waals surface area contributed by atoms with Crippen molar-refractivity contribution in [1.29, 1.82) is 0 Å². The Morgan fingerprint density at radius 3 is 2.75 bits per heavy atom. The molecule has 0 amide bonds. The zero-order valence-electron chi connectivity index (χ0n) is 9.25. The number of hydrogen-bond acceptors (Lipinski definition) is 5. The Kier molecular flexibility index (Phi) is 2.63. The molecule has 1 atom stereocenters. The maximum absolute atomic E-state index is 11.3. The summed E-state index contributed by atoms with van der Waals surface area (Å²) in [6, 6.07) is 0. The first-order valence-electron chi connectivity index (χ1n) is 5.17. The molecule has 0 saturated heterocycles. The lowest BCUT2D eigenvalue weighted by molar-refractivity contribution is -0.153. The molecule has 1 saturated carbocycles. The molecule has 0 radical (unpaired) electrons. The molecule has 1 unspecified atom stereocenters. The predicted molar refractivity (Wildman–Crippen MR) is 52.7 cm³/mol. The molecule has 1 aromatic heterocycles. The molecule has 1 N–H and O–H groups in total. The van der Waals surface area contributed by atoms with Crippen LogP contribution in [-0.2, 0) is 15.1 Å². The average molecular weight is 226 g/mol. The summed E-state index contributed by atoms with van der Waals surface area (Å²) in [4.78, 5) is 11.3. The van der Waals surface area contributed by atoms with Crippen molar-refractivity contribution in [1.82, 2.24) is 20.2 Å². The second kappa shape index (κ2) is 3.82. The van der Waals surface area contributed by atoms with E-state index in [9.17, 15) is 9.90 Å². The Morgan fingerprint density at radius 2 is 2.31 bits per heavy atom. The zero-order valence-corrected chi connectivity index (χ0v) is 9.25. The molecule has 7 heteroatoms. The largest absolute Gasteiger partial charge is 0.479 e. The Labute approximate surface area is 92.4 Å². The fourth-order valence-electron chi connectivity index (χ4n) is 1.89. The third-order valence-corrected chi connectivity index (χ3v) is 3.20. The second-order valence-corrected chi connectivity index (χ2v) is 4.02. The van der Waals surface area contributed by atoms with Gasteiger partial charge >= 0.3 is 5.97 Å². The van der Waals surface area contributed by atoms with Gasteiger partial charge in [-0.1, -0.05) is 0 Å². The van der Waals surface area contributed by atoms with Crippen LogP contribution in [0.1, 0.15) is 38.1 Å². The van der Waals surface area contributed by atoms with Gasteiger partial charge in [-0.05, 0) is 36.6 Å². The summed E-state index contributed by atoms with van der Waals surface area (Å²) in [6.07, 6.45) is 1.70. The van der Waals surface area contributed by atoms with Crippen LogP contribution in [-0.4, -0.2) is 38.4 Å². The summed E-state index contributed by atoms with van der Waals surface area (Å²) >= 11 is 0. The van der Waals surface area contributed by atoms with E-state index in [1.54, 1.807) is 6.92 Å². The van der Waals surface area contributed by atoms with Gasteiger partial charge in [0.25, 0.3) is 0 Å². The highest BCUT2D eigenvalue weighted by atomic mass is 16.5. The summed E-state index contributed by atoms with van der Waals surface area (Å²) < 4.78 is 6.52. The van der Waals surface area contributed by atoms with Crippen LogP contribution < -0.4 is 0 Å². The van der Waals surface area contributed by atoms with E-state index in [0.717, 1.165) is 6.42 Å². The molecule has 0 bridgehead atoms. The fraction of sp³-hybridized carbons (Fsp3) is 0.778. The van der Waals surface area contributed by atoms with Crippen molar-refractivity contribution >= 4 is 5.97 Å². The molecule has 2 rings (SSSR count). The summed E-state index contributed by atoms with van der Waals surface area (Å²) in [6.45, 7) is 1.79. The average Bonchev–Trinajstić information content (AvgIpc) is 2.63. The Balaban J connectivity index is 2.40. The SMILES string of the molecule is COC(C)c1nnnn1C1(C(=O)O)CCC1. The molecular formula is C9H14N4O3. The molecule has 1 aliphatic rings. The quantitative estimate of drug-likeness (QED) is 0.796. The lowest BCUT2D eigenvalue weighted by Crippen LogP contribution is -2.49. The van der Waals surface area contributed by atoms with Gasteiger partial charge in [0.1, 0.15) is 6.10 Å². The summed E-state index contributed by atoms with van der Waals surface area (Å²) in [5.74, 6) is -0.416. The van der Waals surface area contributed by atoms with Crippen LogP contribution in [0.4, 0.5) is 0 Å². The molecule has 0 aliphatic heterocycles. The van der Waals surface area contributed by atoms with E-state index in [4.69, 9.17) is 4.74 Å². The standard InChI is InChI=1S/C9H14N4O3/c1-6(16-2)7-10-11-12-13(7)9(8(14)15)4-3-5-9/h6H,3-5H2,1-2H3,(H,14,15). The van der Waals surface area contributed by atoms with Crippen LogP contribution in [0.25, 0.3) is 0 Å². The van der Waals surface area contributed by atoms with E-state index < -0.39 is 11.5 Å². The fourth-order valence-corrected chi connectivity index (χ4v) is 1.89. The van der Waals surface area contributed by atoms with E-state index >= 15 is 0 Å². The number of hydrogen-bond donors (Lipinski definition) is 1. The van der Waals surface area contributed by atoms with E-state index in [2.05, 4.69) is 15.5 Å². The van der Waals surface area contributed by atoms with Crippen molar-refractivity contribution in [3.8, 4) is 0 Å². The zero-order chi connectivity index (χ0) is 11.8. The number of carboxylic acids is 1. The molecule has 1 fully saturated rings. The highest BCUT2D eigenvalue weighted by Gasteiger charge is 2.49. The molecule has 0 aromatic carbocycles. The number of rotatable bonds is 4. The van der Waals surface area contributed by atoms with Crippen LogP contribution in [0.5, 0.6) is 0 Å². The molecule has 16 heavy (non-hydrogen) atoms. The topological polar surface area (TPSA) is 90.1 Å². The minimum atomic E-state index is -0.967. The van der Waals surface area contributed by atoms with Gasteiger partial charge in [-0.15, -0.1) is 5.10 Å². The first-order valence-corrected chi connectivity index (χ1v) is 5.17. The van der Waals surface area contributed by atoms with Crippen LogP contribution in [0, 0.1) is 0 Å². The maximum atomic E-state index is 11.3. The van der Waals surface area contributed by atoms with Crippen molar-refractivity contribution in [2.45, 2.75) is 37.8 Å². The number of methoxy groups -OCH3 is 1. The Bertz CT molecular complexity index is 399. The summed E-state index contributed by atoms with van der Waals surface area (Å²) in [7, 11) is 1.54. The first-order chi connectivity index (χ1) is 7.62. The molecule has 7 nitrogen and oxygen atoms in total. The molecule has 1 heterocycles. The van der Waals surface area contributed by atoms with Crippen LogP contribution in [0.3, 0.4) is 0 Å². The third kappa shape index (κ3) is 1.39. The van der Waals surface area contributed by atoms with E-state index in [-0.39, 0.29) is 6.10 Å². The van der Waals surface area contributed by atoms with Crippen LogP contribution in [0.2, 0.25) is 0 Å². The van der Waals surface area contributed by atoms with E-state index in [1.165, 1.54) is 11.8 Å². The first kappa shape index (κ1) is 11.0. The maximum Gasteiger partial charge on any atom is 0.331 e. The van der Waals surface area contributed by atoms with Crippen molar-refractivity contribution in [3.05, 3.63) is 5.82 Å². The van der Waals surface area contributed by atoms with Gasteiger partial charge in [-0.2, -0.15) is 0 Å². The van der Waals surface area contributed by atoms with Gasteiger partial charge in [0.2, 0.25) is 0 Å². The van der Waals surface area contributed by atoms with E-state index in [0.29, 0.717) is 18.7 Å². The second-order valence-electron chi connectivity index (χ2n) is 4.02. The van der Waals surface area contributed by atoms with Crippen molar-refractivity contribution in [2.75, 3.05) is 7.11 Å². The number of tetrazole rings is 1. The van der Waals surface area contributed by atoms with Crippen LogP contribution in [0.15, 0.2) is 0 Å². The summed E-state index contributed by atoms with van der Waals surface area (Å²) in [5, 5.41) is 20.4. The highest BCUT2D eigenvalue weighted by molar-refractivity contribution is 5.77. The smallest absolute Gasteiger partial charge is 0.331 e. The van der Waals surface area contributed by atoms with E-state index in [1.807, 2.05) is 0 Å². The number of carboxylic acid groups (broad SMARTS) is 1. The minimum Gasteiger partial charge on any atom is -0.479 e. The van der Waals surface area contributed by atoms with Gasteiger partial charge in [0.15, 0.2) is 11.4 Å². The monoisotopic (exact) mass is 226 g/mol. The Morgan fingerprint density at radius 1 is 1.62 bits per heavy atom. The molecule has 0 spiro atoms. The highest BCUT2D eigenvalue weighted by Crippen LogP contribution is 2.40. The molecule has 1 aromatic rings. The predicted octanol–water partition coefficient (Wildman–Crippen LogP) is 0.344. The van der Waals surface area contributed by atoms with Crippen molar-refractivity contribution in [3.63, 3.8) is 0 Å². The number of aromatic nitrogens is 4. The normalized spacial score (nSPS) is 20.1. The Hall–Kier alpha value is -1.50. The number of aliphatic carboxylic acids is 1. The molecular weight excluding hydrogens is 212 g/mol. The van der Waals surface area contributed by atoms with Crippen LogP contribution >= 0.6 is 0 Å².